The van der Waals surface area contributed by atoms with E-state index in [1.165, 1.54) is 0 Å². The largest absolute Gasteiger partial charge is 0.507 e. The van der Waals surface area contributed by atoms with Crippen LogP contribution in [0.3, 0.4) is 0 Å². The van der Waals surface area contributed by atoms with E-state index in [2.05, 4.69) is 29.8 Å². The Morgan fingerprint density at radius 2 is 2.00 bits per heavy atom. The van der Waals surface area contributed by atoms with Crippen molar-refractivity contribution in [1.82, 2.24) is 0 Å². The molecule has 0 bridgehead atoms. The van der Waals surface area contributed by atoms with E-state index in [0.717, 1.165) is 5.56 Å². The first-order valence-corrected chi connectivity index (χ1v) is 5.05. The lowest BCUT2D eigenvalue weighted by atomic mass is 9.97. The first-order chi connectivity index (χ1) is 6.02. The molecule has 0 fully saturated rings. The number of benzene rings is 1. The maximum absolute atomic E-state index is 9.28. The fourth-order valence-electron chi connectivity index (χ4n) is 1.12. The van der Waals surface area contributed by atoms with Crippen molar-refractivity contribution in [3.05, 3.63) is 28.2 Å². The smallest absolute Gasteiger partial charge is 0.129 e. The molecule has 0 amide bonds. The third-order valence-corrected chi connectivity index (χ3v) is 2.71. The first kappa shape index (κ1) is 10.5. The number of phenols is 1. The van der Waals surface area contributed by atoms with E-state index < -0.39 is 0 Å². The van der Waals surface area contributed by atoms with E-state index in [1.807, 2.05) is 12.1 Å². The molecule has 0 heterocycles. The summed E-state index contributed by atoms with van der Waals surface area (Å²) in [4.78, 5) is 0. The van der Waals surface area contributed by atoms with Gasteiger partial charge in [-0.05, 0) is 39.5 Å². The van der Waals surface area contributed by atoms with Crippen LogP contribution in [-0.2, 0) is 0 Å². The molecule has 0 saturated heterocycles. The highest BCUT2D eigenvalue weighted by molar-refractivity contribution is 9.10. The van der Waals surface area contributed by atoms with Crippen LogP contribution < -0.4 is 5.73 Å². The third kappa shape index (κ3) is 2.45. The molecule has 3 heteroatoms. The average molecular weight is 244 g/mol. The summed E-state index contributed by atoms with van der Waals surface area (Å²) in [6.45, 7) is 4.15. The molecular weight excluding hydrogens is 230 g/mol. The van der Waals surface area contributed by atoms with Gasteiger partial charge in [-0.1, -0.05) is 19.9 Å². The number of hydrogen-bond donors (Lipinski definition) is 2. The molecule has 0 unspecified atom stereocenters. The van der Waals surface area contributed by atoms with Crippen LogP contribution in [-0.4, -0.2) is 5.11 Å². The fraction of sp³-hybridized carbons (Fsp3) is 0.400. The van der Waals surface area contributed by atoms with Crippen LogP contribution in [0.5, 0.6) is 5.75 Å². The van der Waals surface area contributed by atoms with Gasteiger partial charge in [-0.15, -0.1) is 0 Å². The van der Waals surface area contributed by atoms with Gasteiger partial charge in [0.05, 0.1) is 4.47 Å². The van der Waals surface area contributed by atoms with Gasteiger partial charge in [0.1, 0.15) is 5.75 Å². The number of nitrogens with two attached hydrogens (primary N) is 1. The van der Waals surface area contributed by atoms with Gasteiger partial charge in [0.2, 0.25) is 0 Å². The lowest BCUT2D eigenvalue weighted by molar-refractivity contribution is 0.469. The molecule has 0 aliphatic carbocycles. The average Bonchev–Trinajstić information content (AvgIpc) is 2.08. The van der Waals surface area contributed by atoms with Crippen molar-refractivity contribution in [3.8, 4) is 5.75 Å². The summed E-state index contributed by atoms with van der Waals surface area (Å²) in [6, 6.07) is 5.39. The second-order valence-electron chi connectivity index (χ2n) is 3.48. The van der Waals surface area contributed by atoms with Crippen molar-refractivity contribution in [2.45, 2.75) is 19.9 Å². The predicted molar refractivity (Wildman–Crippen MR) is 57.6 cm³/mol. The molecule has 1 atom stereocenters. The van der Waals surface area contributed by atoms with Gasteiger partial charge >= 0.3 is 0 Å². The Labute approximate surface area is 86.9 Å². The van der Waals surface area contributed by atoms with Gasteiger partial charge in [-0.25, -0.2) is 0 Å². The maximum atomic E-state index is 9.28. The number of rotatable bonds is 2. The number of phenolic OH excluding ortho intramolecular Hbond substituents is 1. The number of halogens is 1. The van der Waals surface area contributed by atoms with Gasteiger partial charge in [0.25, 0.3) is 0 Å². The molecule has 2 nitrogen and oxygen atoms in total. The van der Waals surface area contributed by atoms with Crippen molar-refractivity contribution in [2.75, 3.05) is 0 Å². The van der Waals surface area contributed by atoms with Crippen LogP contribution in [0, 0.1) is 5.92 Å². The fourth-order valence-corrected chi connectivity index (χ4v) is 1.51. The zero-order chi connectivity index (χ0) is 10.0. The highest BCUT2D eigenvalue weighted by Crippen LogP contribution is 2.28. The molecule has 1 aromatic carbocycles. The zero-order valence-corrected chi connectivity index (χ0v) is 9.38. The van der Waals surface area contributed by atoms with Gasteiger partial charge in [0, 0.05) is 6.04 Å². The van der Waals surface area contributed by atoms with Crippen molar-refractivity contribution < 1.29 is 5.11 Å². The van der Waals surface area contributed by atoms with Gasteiger partial charge in [-0.3, -0.25) is 0 Å². The molecule has 0 aliphatic heterocycles. The van der Waals surface area contributed by atoms with E-state index in [-0.39, 0.29) is 11.8 Å². The van der Waals surface area contributed by atoms with Gasteiger partial charge in [0.15, 0.2) is 0 Å². The van der Waals surface area contributed by atoms with Crippen LogP contribution >= 0.6 is 15.9 Å². The normalized spacial score (nSPS) is 13.3. The summed E-state index contributed by atoms with van der Waals surface area (Å²) in [7, 11) is 0. The second kappa shape index (κ2) is 4.11. The van der Waals surface area contributed by atoms with Gasteiger partial charge in [-0.2, -0.15) is 0 Å². The zero-order valence-electron chi connectivity index (χ0n) is 7.79. The minimum Gasteiger partial charge on any atom is -0.507 e. The quantitative estimate of drug-likeness (QED) is 0.840. The predicted octanol–water partition coefficient (Wildman–Crippen LogP) is 2.81. The third-order valence-electron chi connectivity index (χ3n) is 2.07. The molecule has 3 N–H and O–H groups in total. The van der Waals surface area contributed by atoms with Crippen LogP contribution in [0.25, 0.3) is 0 Å². The molecule has 0 spiro atoms. The van der Waals surface area contributed by atoms with Crippen molar-refractivity contribution >= 4 is 15.9 Å². The van der Waals surface area contributed by atoms with Crippen LogP contribution in [0.4, 0.5) is 0 Å². The molecule has 0 aromatic heterocycles. The molecule has 0 radical (unpaired) electrons. The van der Waals surface area contributed by atoms with E-state index in [4.69, 9.17) is 5.73 Å². The van der Waals surface area contributed by atoms with Crippen molar-refractivity contribution in [2.24, 2.45) is 11.7 Å². The molecule has 72 valence electrons. The van der Waals surface area contributed by atoms with E-state index >= 15 is 0 Å². The summed E-state index contributed by atoms with van der Waals surface area (Å²) in [6.07, 6.45) is 0. The Morgan fingerprint density at radius 3 is 2.46 bits per heavy atom. The standard InChI is InChI=1S/C10H14BrNO/c1-6(2)10(12)7-3-4-9(13)8(11)5-7/h3-6,10,13H,12H2,1-2H3/t10-/m0/s1. The summed E-state index contributed by atoms with van der Waals surface area (Å²) >= 11 is 3.26. The minimum absolute atomic E-state index is 0.0249. The van der Waals surface area contributed by atoms with Crippen LogP contribution in [0.15, 0.2) is 22.7 Å². The van der Waals surface area contributed by atoms with Gasteiger partial charge < -0.3 is 10.8 Å². The van der Waals surface area contributed by atoms with E-state index in [1.54, 1.807) is 6.07 Å². The van der Waals surface area contributed by atoms with Crippen LogP contribution in [0.2, 0.25) is 0 Å². The summed E-state index contributed by atoms with van der Waals surface area (Å²) in [5.74, 6) is 0.649. The molecule has 1 rings (SSSR count). The Hall–Kier alpha value is -0.540. The molecule has 0 aliphatic rings. The second-order valence-corrected chi connectivity index (χ2v) is 4.33. The Morgan fingerprint density at radius 1 is 1.38 bits per heavy atom. The van der Waals surface area contributed by atoms with E-state index in [9.17, 15) is 5.11 Å². The summed E-state index contributed by atoms with van der Waals surface area (Å²) in [5, 5.41) is 9.28. The van der Waals surface area contributed by atoms with Crippen LogP contribution in [0.1, 0.15) is 25.5 Å². The maximum Gasteiger partial charge on any atom is 0.129 e. The SMILES string of the molecule is CC(C)[C@H](N)c1ccc(O)c(Br)c1. The highest BCUT2D eigenvalue weighted by atomic mass is 79.9. The van der Waals surface area contributed by atoms with Crippen molar-refractivity contribution in [1.29, 1.82) is 0 Å². The van der Waals surface area contributed by atoms with E-state index in [0.29, 0.717) is 10.4 Å². The molecule has 1 aromatic rings. The lowest BCUT2D eigenvalue weighted by Gasteiger charge is -2.16. The molecule has 13 heavy (non-hydrogen) atoms. The minimum atomic E-state index is 0.0249. The van der Waals surface area contributed by atoms with Crippen molar-refractivity contribution in [3.63, 3.8) is 0 Å². The number of aromatic hydroxyl groups is 1. The first-order valence-electron chi connectivity index (χ1n) is 4.26. The highest BCUT2D eigenvalue weighted by Gasteiger charge is 2.11. The molecule has 0 saturated carbocycles. The Kier molecular flexibility index (Phi) is 3.33. The monoisotopic (exact) mass is 243 g/mol. The lowest BCUT2D eigenvalue weighted by Crippen LogP contribution is -2.16. The summed E-state index contributed by atoms with van der Waals surface area (Å²) in [5.41, 5.74) is 7.00. The Balaban J connectivity index is 2.97. The molecular formula is C10H14BrNO. The topological polar surface area (TPSA) is 46.2 Å². The summed E-state index contributed by atoms with van der Waals surface area (Å²) < 4.78 is 0.695. The Bertz CT molecular complexity index is 299. The number of hydrogen-bond acceptors (Lipinski definition) is 2.